The fourth-order valence-corrected chi connectivity index (χ4v) is 1.95. The number of hydrogen-bond acceptors (Lipinski definition) is 1. The fraction of sp³-hybridized carbons (Fsp3) is 1.00. The maximum atomic E-state index is 12.5. The molecule has 1 nitrogen and oxygen atoms in total. The summed E-state index contributed by atoms with van der Waals surface area (Å²) in [5.74, 6) is -0.122. The highest BCUT2D eigenvalue weighted by atomic mass is 19.3. The molecule has 1 saturated heterocycles. The summed E-state index contributed by atoms with van der Waals surface area (Å²) < 4.78 is 25.0. The van der Waals surface area contributed by atoms with Gasteiger partial charge in [0.05, 0.1) is 0 Å². The average molecular weight is 177 g/mol. The molecule has 0 amide bonds. The van der Waals surface area contributed by atoms with E-state index in [4.69, 9.17) is 0 Å². The van der Waals surface area contributed by atoms with E-state index in [1.54, 1.807) is 0 Å². The third-order valence-electron chi connectivity index (χ3n) is 2.60. The lowest BCUT2D eigenvalue weighted by molar-refractivity contribution is 0.0266. The van der Waals surface area contributed by atoms with E-state index in [1.807, 2.05) is 13.8 Å². The average Bonchev–Trinajstić information content (AvgIpc) is 2.04. The van der Waals surface area contributed by atoms with Crippen LogP contribution in [0.4, 0.5) is 8.78 Å². The van der Waals surface area contributed by atoms with Crippen LogP contribution in [0.3, 0.4) is 0 Å². The van der Waals surface area contributed by atoms with Gasteiger partial charge in [-0.3, -0.25) is 0 Å². The smallest absolute Gasteiger partial charge is 0.242 e. The van der Waals surface area contributed by atoms with Gasteiger partial charge >= 0.3 is 0 Å². The van der Waals surface area contributed by atoms with E-state index in [0.29, 0.717) is 12.3 Å². The number of halogens is 2. The number of rotatable bonds is 2. The Morgan fingerprint density at radius 2 is 2.00 bits per heavy atom. The third-order valence-corrected chi connectivity index (χ3v) is 2.60. The van der Waals surface area contributed by atoms with Crippen molar-refractivity contribution in [2.45, 2.75) is 39.2 Å². The second kappa shape index (κ2) is 4.17. The zero-order chi connectivity index (χ0) is 9.14. The van der Waals surface area contributed by atoms with Gasteiger partial charge in [-0.15, -0.1) is 0 Å². The molecule has 1 fully saturated rings. The van der Waals surface area contributed by atoms with Crippen LogP contribution in [0.1, 0.15) is 26.7 Å². The van der Waals surface area contributed by atoms with Gasteiger partial charge in [0, 0.05) is 12.0 Å². The van der Waals surface area contributed by atoms with E-state index in [9.17, 15) is 8.78 Å². The predicted octanol–water partition coefficient (Wildman–Crippen LogP) is 2.28. The molecule has 1 aliphatic rings. The van der Waals surface area contributed by atoms with Crippen molar-refractivity contribution in [2.24, 2.45) is 11.8 Å². The minimum Gasteiger partial charge on any atom is -0.313 e. The van der Waals surface area contributed by atoms with Crippen molar-refractivity contribution < 1.29 is 8.78 Å². The van der Waals surface area contributed by atoms with Crippen molar-refractivity contribution in [1.82, 2.24) is 5.32 Å². The first-order valence-corrected chi connectivity index (χ1v) is 4.64. The quantitative estimate of drug-likeness (QED) is 0.682. The van der Waals surface area contributed by atoms with Crippen LogP contribution in [0.2, 0.25) is 0 Å². The van der Waals surface area contributed by atoms with E-state index in [2.05, 4.69) is 5.32 Å². The minimum absolute atomic E-state index is 0.0127. The van der Waals surface area contributed by atoms with Crippen molar-refractivity contribution in [3.63, 3.8) is 0 Å². The normalized spacial score (nSPS) is 31.5. The Balaban J connectivity index is 2.54. The van der Waals surface area contributed by atoms with Gasteiger partial charge in [0.2, 0.25) is 6.43 Å². The van der Waals surface area contributed by atoms with Crippen LogP contribution in [0.25, 0.3) is 0 Å². The monoisotopic (exact) mass is 177 g/mol. The lowest BCUT2D eigenvalue weighted by Crippen LogP contribution is -2.47. The molecule has 2 unspecified atom stereocenters. The largest absolute Gasteiger partial charge is 0.313 e. The second-order valence-electron chi connectivity index (χ2n) is 3.86. The minimum atomic E-state index is -2.16. The Morgan fingerprint density at radius 3 is 2.42 bits per heavy atom. The van der Waals surface area contributed by atoms with Gasteiger partial charge in [0.15, 0.2) is 0 Å². The first-order valence-electron chi connectivity index (χ1n) is 4.64. The molecule has 0 spiro atoms. The van der Waals surface area contributed by atoms with Crippen molar-refractivity contribution in [2.75, 3.05) is 6.54 Å². The topological polar surface area (TPSA) is 12.0 Å². The molecule has 0 saturated carbocycles. The Hall–Kier alpha value is -0.180. The van der Waals surface area contributed by atoms with Crippen LogP contribution in [-0.2, 0) is 0 Å². The van der Waals surface area contributed by atoms with Crippen LogP contribution in [-0.4, -0.2) is 19.0 Å². The van der Waals surface area contributed by atoms with E-state index in [0.717, 1.165) is 13.0 Å². The van der Waals surface area contributed by atoms with Crippen LogP contribution in [0.15, 0.2) is 0 Å². The summed E-state index contributed by atoms with van der Waals surface area (Å²) in [5.41, 5.74) is 0. The van der Waals surface area contributed by atoms with Gasteiger partial charge in [-0.25, -0.2) is 8.78 Å². The molecule has 12 heavy (non-hydrogen) atoms. The van der Waals surface area contributed by atoms with Crippen molar-refractivity contribution in [1.29, 1.82) is 0 Å². The maximum absolute atomic E-state index is 12.5. The zero-order valence-corrected chi connectivity index (χ0v) is 7.69. The Morgan fingerprint density at radius 1 is 1.33 bits per heavy atom. The van der Waals surface area contributed by atoms with Gasteiger partial charge in [-0.1, -0.05) is 13.8 Å². The SMILES string of the molecule is CC(C)C1NCCCC1C(F)F. The summed E-state index contributed by atoms with van der Waals surface area (Å²) in [6.07, 6.45) is -0.601. The van der Waals surface area contributed by atoms with E-state index < -0.39 is 12.3 Å². The molecule has 1 heterocycles. The summed E-state index contributed by atoms with van der Waals surface area (Å²) in [7, 11) is 0. The lowest BCUT2D eigenvalue weighted by Gasteiger charge is -2.34. The molecular formula is C9H17F2N. The molecule has 1 N–H and O–H groups in total. The van der Waals surface area contributed by atoms with E-state index in [1.165, 1.54) is 0 Å². The Kier molecular flexibility index (Phi) is 3.44. The standard InChI is InChI=1S/C9H17F2N/c1-6(2)8-7(9(10)11)4-3-5-12-8/h6-9,12H,3-5H2,1-2H3. The van der Waals surface area contributed by atoms with Crippen LogP contribution < -0.4 is 5.32 Å². The van der Waals surface area contributed by atoms with Crippen LogP contribution in [0.5, 0.6) is 0 Å². The highest BCUT2D eigenvalue weighted by molar-refractivity contribution is 4.84. The summed E-state index contributed by atoms with van der Waals surface area (Å²) >= 11 is 0. The molecule has 0 bridgehead atoms. The number of hydrogen-bond donors (Lipinski definition) is 1. The summed E-state index contributed by atoms with van der Waals surface area (Å²) in [6.45, 7) is 4.89. The predicted molar refractivity (Wildman–Crippen MR) is 45.4 cm³/mol. The maximum Gasteiger partial charge on any atom is 0.242 e. The fourth-order valence-electron chi connectivity index (χ4n) is 1.95. The molecule has 72 valence electrons. The molecule has 1 rings (SSSR count). The summed E-state index contributed by atoms with van der Waals surface area (Å²) in [5, 5.41) is 3.17. The zero-order valence-electron chi connectivity index (χ0n) is 7.69. The molecule has 0 aliphatic carbocycles. The molecular weight excluding hydrogens is 160 g/mol. The second-order valence-corrected chi connectivity index (χ2v) is 3.86. The van der Waals surface area contributed by atoms with Crippen LogP contribution in [0, 0.1) is 11.8 Å². The first-order chi connectivity index (χ1) is 5.63. The molecule has 0 radical (unpaired) electrons. The molecule has 0 aromatic rings. The number of piperidine rings is 1. The van der Waals surface area contributed by atoms with Crippen LogP contribution >= 0.6 is 0 Å². The highest BCUT2D eigenvalue weighted by Crippen LogP contribution is 2.27. The first kappa shape index (κ1) is 9.90. The Labute approximate surface area is 72.5 Å². The molecule has 0 aromatic carbocycles. The highest BCUT2D eigenvalue weighted by Gasteiger charge is 2.33. The third kappa shape index (κ3) is 2.16. The molecule has 1 aliphatic heterocycles. The van der Waals surface area contributed by atoms with E-state index >= 15 is 0 Å². The molecule has 2 atom stereocenters. The van der Waals surface area contributed by atoms with Gasteiger partial charge in [0.1, 0.15) is 0 Å². The lowest BCUT2D eigenvalue weighted by atomic mass is 9.84. The number of nitrogens with one attached hydrogen (secondary N) is 1. The summed E-state index contributed by atoms with van der Waals surface area (Å²) in [4.78, 5) is 0. The van der Waals surface area contributed by atoms with Crippen molar-refractivity contribution in [3.8, 4) is 0 Å². The van der Waals surface area contributed by atoms with Gasteiger partial charge in [0.25, 0.3) is 0 Å². The molecule has 3 heteroatoms. The Bertz CT molecular complexity index is 120. The van der Waals surface area contributed by atoms with E-state index in [-0.39, 0.29) is 6.04 Å². The van der Waals surface area contributed by atoms with Crippen molar-refractivity contribution in [3.05, 3.63) is 0 Å². The van der Waals surface area contributed by atoms with Gasteiger partial charge in [-0.2, -0.15) is 0 Å². The van der Waals surface area contributed by atoms with Crippen molar-refractivity contribution >= 4 is 0 Å². The number of alkyl halides is 2. The summed E-state index contributed by atoms with van der Waals surface area (Å²) in [6, 6.07) is 0.0127. The molecule has 0 aromatic heterocycles. The van der Waals surface area contributed by atoms with Gasteiger partial charge in [-0.05, 0) is 25.3 Å². The van der Waals surface area contributed by atoms with Gasteiger partial charge < -0.3 is 5.32 Å².